The molecule has 0 bridgehead atoms. The maximum absolute atomic E-state index is 11.3. The molecule has 0 aliphatic rings. The van der Waals surface area contributed by atoms with Crippen molar-refractivity contribution in [1.82, 2.24) is 10.3 Å². The second-order valence-electron chi connectivity index (χ2n) is 3.55. The van der Waals surface area contributed by atoms with Crippen molar-refractivity contribution < 1.29 is 4.79 Å². The van der Waals surface area contributed by atoms with Crippen molar-refractivity contribution in [2.24, 2.45) is 0 Å². The number of nitrogens with one attached hydrogen (secondary N) is 2. The predicted molar refractivity (Wildman–Crippen MR) is 72.1 cm³/mol. The average Bonchev–Trinajstić information content (AvgIpc) is 2.28. The molecule has 4 nitrogen and oxygen atoms in total. The van der Waals surface area contributed by atoms with Crippen molar-refractivity contribution in [2.45, 2.75) is 6.92 Å². The molecule has 2 amide bonds. The second-order valence-corrected chi connectivity index (χ2v) is 4.46. The Morgan fingerprint density at radius 3 is 2.94 bits per heavy atom. The number of carbonyl (C=O) groups is 1. The van der Waals surface area contributed by atoms with E-state index >= 15 is 0 Å². The minimum Gasteiger partial charge on any atom is -0.338 e. The summed E-state index contributed by atoms with van der Waals surface area (Å²) in [5.41, 5.74) is 0. The third-order valence-corrected chi connectivity index (χ3v) is 2.76. The summed E-state index contributed by atoms with van der Waals surface area (Å²) < 4.78 is 1.00. The van der Waals surface area contributed by atoms with Crippen molar-refractivity contribution in [3.05, 3.63) is 34.9 Å². The maximum atomic E-state index is 11.3. The summed E-state index contributed by atoms with van der Waals surface area (Å²) >= 11 is 3.41. The van der Waals surface area contributed by atoms with E-state index in [1.54, 1.807) is 6.20 Å². The standard InChI is InChI=1S/C12H12BrN3O/c1-2-14-12(17)16-11-6-9-5-10(13)4-3-8(9)7-15-11/h3-7H,2H2,1H3,(H2,14,15,16,17). The normalized spacial score (nSPS) is 10.2. The van der Waals surface area contributed by atoms with Crippen LogP contribution in [-0.4, -0.2) is 17.6 Å². The van der Waals surface area contributed by atoms with Crippen LogP contribution in [0, 0.1) is 0 Å². The summed E-state index contributed by atoms with van der Waals surface area (Å²) in [5, 5.41) is 7.40. The molecule has 2 N–H and O–H groups in total. The van der Waals surface area contributed by atoms with E-state index in [1.807, 2.05) is 31.2 Å². The monoisotopic (exact) mass is 293 g/mol. The number of pyridine rings is 1. The average molecular weight is 294 g/mol. The zero-order valence-electron chi connectivity index (χ0n) is 9.33. The second kappa shape index (κ2) is 5.14. The summed E-state index contributed by atoms with van der Waals surface area (Å²) in [4.78, 5) is 15.5. The first kappa shape index (κ1) is 11.9. The largest absolute Gasteiger partial charge is 0.338 e. The van der Waals surface area contributed by atoms with Crippen molar-refractivity contribution >= 4 is 38.6 Å². The van der Waals surface area contributed by atoms with Crippen LogP contribution in [-0.2, 0) is 0 Å². The highest BCUT2D eigenvalue weighted by atomic mass is 79.9. The van der Waals surface area contributed by atoms with Gasteiger partial charge in [0.15, 0.2) is 0 Å². The Kier molecular flexibility index (Phi) is 3.58. The number of aromatic nitrogens is 1. The molecular formula is C12H12BrN3O. The van der Waals surface area contributed by atoms with Crippen molar-refractivity contribution in [3.63, 3.8) is 0 Å². The lowest BCUT2D eigenvalue weighted by Crippen LogP contribution is -2.28. The molecule has 0 saturated carbocycles. The summed E-state index contributed by atoms with van der Waals surface area (Å²) in [6.45, 7) is 2.45. The number of amides is 2. The molecule has 1 aromatic carbocycles. The molecule has 0 saturated heterocycles. The smallest absolute Gasteiger partial charge is 0.320 e. The van der Waals surface area contributed by atoms with Crippen LogP contribution in [0.1, 0.15) is 6.92 Å². The Balaban J connectivity index is 2.27. The zero-order chi connectivity index (χ0) is 12.3. The van der Waals surface area contributed by atoms with Gasteiger partial charge in [-0.2, -0.15) is 0 Å². The van der Waals surface area contributed by atoms with Gasteiger partial charge in [-0.1, -0.05) is 22.0 Å². The molecule has 0 atom stereocenters. The Labute approximate surface area is 108 Å². The van der Waals surface area contributed by atoms with Gasteiger partial charge >= 0.3 is 6.03 Å². The first-order valence-electron chi connectivity index (χ1n) is 5.29. The van der Waals surface area contributed by atoms with Gasteiger partial charge in [-0.15, -0.1) is 0 Å². The number of nitrogens with zero attached hydrogens (tertiary/aromatic N) is 1. The minimum absolute atomic E-state index is 0.241. The molecule has 1 aromatic heterocycles. The first-order chi connectivity index (χ1) is 8.19. The predicted octanol–water partition coefficient (Wildman–Crippen LogP) is 3.14. The fourth-order valence-corrected chi connectivity index (χ4v) is 1.88. The molecule has 17 heavy (non-hydrogen) atoms. The van der Waals surface area contributed by atoms with Crippen LogP contribution < -0.4 is 10.6 Å². The molecule has 0 fully saturated rings. The number of benzene rings is 1. The van der Waals surface area contributed by atoms with Crippen LogP contribution in [0.3, 0.4) is 0 Å². The topological polar surface area (TPSA) is 54.0 Å². The van der Waals surface area contributed by atoms with E-state index in [-0.39, 0.29) is 6.03 Å². The number of fused-ring (bicyclic) bond motifs is 1. The number of anilines is 1. The van der Waals surface area contributed by atoms with Gasteiger partial charge in [-0.25, -0.2) is 9.78 Å². The molecule has 5 heteroatoms. The fraction of sp³-hybridized carbons (Fsp3) is 0.167. The third-order valence-electron chi connectivity index (χ3n) is 2.26. The lowest BCUT2D eigenvalue weighted by Gasteiger charge is -2.06. The molecule has 0 unspecified atom stereocenters. The van der Waals surface area contributed by atoms with E-state index in [0.29, 0.717) is 12.4 Å². The van der Waals surface area contributed by atoms with Gasteiger partial charge in [-0.3, -0.25) is 5.32 Å². The van der Waals surface area contributed by atoms with Gasteiger partial charge in [0.2, 0.25) is 0 Å². The fourth-order valence-electron chi connectivity index (χ4n) is 1.50. The van der Waals surface area contributed by atoms with E-state index in [4.69, 9.17) is 0 Å². The van der Waals surface area contributed by atoms with Crippen LogP contribution in [0.25, 0.3) is 10.8 Å². The van der Waals surface area contributed by atoms with E-state index < -0.39 is 0 Å². The van der Waals surface area contributed by atoms with E-state index in [1.165, 1.54) is 0 Å². The Morgan fingerprint density at radius 2 is 2.18 bits per heavy atom. The number of hydrogen-bond acceptors (Lipinski definition) is 2. The van der Waals surface area contributed by atoms with E-state index in [9.17, 15) is 4.79 Å². The van der Waals surface area contributed by atoms with E-state index in [2.05, 4.69) is 31.5 Å². The van der Waals surface area contributed by atoms with Gasteiger partial charge in [0, 0.05) is 22.6 Å². The number of carbonyl (C=O) groups excluding carboxylic acids is 1. The summed E-state index contributed by atoms with van der Waals surface area (Å²) in [7, 11) is 0. The number of hydrogen-bond donors (Lipinski definition) is 2. The highest BCUT2D eigenvalue weighted by Gasteiger charge is 2.02. The van der Waals surface area contributed by atoms with Gasteiger partial charge in [0.05, 0.1) is 0 Å². The van der Waals surface area contributed by atoms with Crippen molar-refractivity contribution in [3.8, 4) is 0 Å². The number of rotatable bonds is 2. The van der Waals surface area contributed by atoms with Crippen LogP contribution >= 0.6 is 15.9 Å². The van der Waals surface area contributed by atoms with Gasteiger partial charge in [0.1, 0.15) is 5.82 Å². The highest BCUT2D eigenvalue weighted by molar-refractivity contribution is 9.10. The lowest BCUT2D eigenvalue weighted by molar-refractivity contribution is 0.252. The molecule has 2 rings (SSSR count). The Morgan fingerprint density at radius 1 is 1.35 bits per heavy atom. The molecule has 2 aromatic rings. The van der Waals surface area contributed by atoms with Gasteiger partial charge in [-0.05, 0) is 30.5 Å². The number of urea groups is 1. The number of halogens is 1. The maximum Gasteiger partial charge on any atom is 0.320 e. The van der Waals surface area contributed by atoms with Gasteiger partial charge < -0.3 is 5.32 Å². The molecular weight excluding hydrogens is 282 g/mol. The minimum atomic E-state index is -0.241. The van der Waals surface area contributed by atoms with Gasteiger partial charge in [0.25, 0.3) is 0 Å². The van der Waals surface area contributed by atoms with Crippen LogP contribution in [0.5, 0.6) is 0 Å². The Hall–Kier alpha value is -1.62. The summed E-state index contributed by atoms with van der Waals surface area (Å²) in [6.07, 6.45) is 1.74. The molecule has 0 aliphatic heterocycles. The first-order valence-corrected chi connectivity index (χ1v) is 6.08. The Bertz CT molecular complexity index is 556. The summed E-state index contributed by atoms with van der Waals surface area (Å²) in [5.74, 6) is 0.543. The molecule has 0 radical (unpaired) electrons. The molecule has 0 aliphatic carbocycles. The van der Waals surface area contributed by atoms with Crippen LogP contribution in [0.2, 0.25) is 0 Å². The third kappa shape index (κ3) is 2.94. The molecule has 88 valence electrons. The van der Waals surface area contributed by atoms with Crippen molar-refractivity contribution in [1.29, 1.82) is 0 Å². The summed E-state index contributed by atoms with van der Waals surface area (Å²) in [6, 6.07) is 7.52. The van der Waals surface area contributed by atoms with E-state index in [0.717, 1.165) is 15.2 Å². The molecule has 1 heterocycles. The lowest BCUT2D eigenvalue weighted by atomic mass is 10.2. The van der Waals surface area contributed by atoms with Crippen LogP contribution in [0.4, 0.5) is 10.6 Å². The quantitative estimate of drug-likeness (QED) is 0.894. The van der Waals surface area contributed by atoms with Crippen molar-refractivity contribution in [2.75, 3.05) is 11.9 Å². The highest BCUT2D eigenvalue weighted by Crippen LogP contribution is 2.21. The van der Waals surface area contributed by atoms with Crippen LogP contribution in [0.15, 0.2) is 34.9 Å². The zero-order valence-corrected chi connectivity index (χ0v) is 10.9. The molecule has 0 spiro atoms. The SMILES string of the molecule is CCNC(=O)Nc1cc2cc(Br)ccc2cn1.